The van der Waals surface area contributed by atoms with Crippen LogP contribution in [0, 0.1) is 19.8 Å². The third kappa shape index (κ3) is 4.85. The lowest BCUT2D eigenvalue weighted by Gasteiger charge is -2.25. The fourth-order valence-electron chi connectivity index (χ4n) is 2.84. The molecule has 0 radical (unpaired) electrons. The molecule has 6 heteroatoms. The van der Waals surface area contributed by atoms with Crippen LogP contribution in [0.4, 0.5) is 0 Å². The SMILES string of the molecule is CC(=O)OC(C(=O)NC(=S)C1CCNCC1)c1cc(C)ccc1C. The molecule has 0 bridgehead atoms. The van der Waals surface area contributed by atoms with Gasteiger partial charge in [0.2, 0.25) is 6.10 Å². The Labute approximate surface area is 148 Å². The van der Waals surface area contributed by atoms with Crippen molar-refractivity contribution in [3.05, 3.63) is 34.9 Å². The highest BCUT2D eigenvalue weighted by molar-refractivity contribution is 7.80. The first kappa shape index (κ1) is 18.5. The molecule has 1 aromatic rings. The summed E-state index contributed by atoms with van der Waals surface area (Å²) in [6.07, 6.45) is 0.823. The zero-order chi connectivity index (χ0) is 17.7. The molecule has 24 heavy (non-hydrogen) atoms. The lowest BCUT2D eigenvalue weighted by molar-refractivity contribution is -0.153. The summed E-state index contributed by atoms with van der Waals surface area (Å²) < 4.78 is 5.30. The molecule has 1 unspecified atom stereocenters. The summed E-state index contributed by atoms with van der Waals surface area (Å²) in [4.78, 5) is 24.7. The molecule has 1 aliphatic heterocycles. The summed E-state index contributed by atoms with van der Waals surface area (Å²) >= 11 is 5.39. The van der Waals surface area contributed by atoms with Crippen molar-refractivity contribution >= 4 is 29.1 Å². The Morgan fingerprint density at radius 2 is 1.96 bits per heavy atom. The first-order chi connectivity index (χ1) is 11.4. The smallest absolute Gasteiger partial charge is 0.303 e. The van der Waals surface area contributed by atoms with E-state index in [0.717, 1.165) is 37.1 Å². The fourth-order valence-corrected chi connectivity index (χ4v) is 3.18. The van der Waals surface area contributed by atoms with Crippen LogP contribution < -0.4 is 10.6 Å². The molecule has 1 atom stereocenters. The second-order valence-corrected chi connectivity index (χ2v) is 6.67. The van der Waals surface area contributed by atoms with E-state index in [2.05, 4.69) is 10.6 Å². The van der Waals surface area contributed by atoms with Gasteiger partial charge in [-0.1, -0.05) is 36.0 Å². The van der Waals surface area contributed by atoms with Gasteiger partial charge in [-0.05, 0) is 45.3 Å². The Hall–Kier alpha value is -1.79. The molecule has 2 rings (SSSR count). The van der Waals surface area contributed by atoms with Gasteiger partial charge in [0, 0.05) is 18.4 Å². The Morgan fingerprint density at radius 1 is 1.29 bits per heavy atom. The van der Waals surface area contributed by atoms with Crippen LogP contribution in [0.5, 0.6) is 0 Å². The molecule has 0 aromatic heterocycles. The lowest BCUT2D eigenvalue weighted by Crippen LogP contribution is -2.42. The van der Waals surface area contributed by atoms with Crippen LogP contribution in [0.15, 0.2) is 18.2 Å². The maximum absolute atomic E-state index is 12.7. The number of aryl methyl sites for hydroxylation is 2. The van der Waals surface area contributed by atoms with Crippen LogP contribution in [0.2, 0.25) is 0 Å². The highest BCUT2D eigenvalue weighted by Gasteiger charge is 2.28. The molecule has 1 fully saturated rings. The number of amides is 1. The van der Waals surface area contributed by atoms with Crippen LogP contribution in [0.3, 0.4) is 0 Å². The Morgan fingerprint density at radius 3 is 2.58 bits per heavy atom. The number of hydrogen-bond donors (Lipinski definition) is 2. The third-order valence-corrected chi connectivity index (χ3v) is 4.63. The van der Waals surface area contributed by atoms with Crippen LogP contribution >= 0.6 is 12.2 Å². The fraction of sp³-hybridized carbons (Fsp3) is 0.500. The average Bonchev–Trinajstić information content (AvgIpc) is 2.55. The Kier molecular flexibility index (Phi) is 6.45. The number of piperidine rings is 1. The third-order valence-electron chi connectivity index (χ3n) is 4.20. The highest BCUT2D eigenvalue weighted by atomic mass is 32.1. The van der Waals surface area contributed by atoms with Gasteiger partial charge < -0.3 is 15.4 Å². The van der Waals surface area contributed by atoms with Crippen molar-refractivity contribution in [1.29, 1.82) is 0 Å². The van der Waals surface area contributed by atoms with Gasteiger partial charge >= 0.3 is 5.97 Å². The molecular weight excluding hydrogens is 324 g/mol. The van der Waals surface area contributed by atoms with E-state index in [1.807, 2.05) is 32.0 Å². The number of benzene rings is 1. The van der Waals surface area contributed by atoms with E-state index in [1.54, 1.807) is 0 Å². The quantitative estimate of drug-likeness (QED) is 0.646. The van der Waals surface area contributed by atoms with Gasteiger partial charge in [0.1, 0.15) is 0 Å². The average molecular weight is 348 g/mol. The topological polar surface area (TPSA) is 67.4 Å². The normalized spacial score (nSPS) is 16.3. The molecule has 1 aliphatic rings. The van der Waals surface area contributed by atoms with Crippen LogP contribution in [0.1, 0.15) is 42.6 Å². The van der Waals surface area contributed by atoms with E-state index in [-0.39, 0.29) is 11.8 Å². The first-order valence-corrected chi connectivity index (χ1v) is 8.59. The molecule has 0 aliphatic carbocycles. The monoisotopic (exact) mass is 348 g/mol. The second kappa shape index (κ2) is 8.35. The minimum absolute atomic E-state index is 0.182. The van der Waals surface area contributed by atoms with E-state index in [4.69, 9.17) is 17.0 Å². The minimum atomic E-state index is -0.984. The largest absolute Gasteiger partial charge is 0.447 e. The van der Waals surface area contributed by atoms with E-state index in [1.165, 1.54) is 6.92 Å². The van der Waals surface area contributed by atoms with E-state index >= 15 is 0 Å². The van der Waals surface area contributed by atoms with E-state index in [0.29, 0.717) is 10.6 Å². The zero-order valence-corrected chi connectivity index (χ0v) is 15.2. The van der Waals surface area contributed by atoms with Gasteiger partial charge in [-0.15, -0.1) is 0 Å². The second-order valence-electron chi connectivity index (χ2n) is 6.23. The summed E-state index contributed by atoms with van der Waals surface area (Å²) in [5.74, 6) is -0.701. The van der Waals surface area contributed by atoms with Crippen molar-refractivity contribution in [1.82, 2.24) is 10.6 Å². The minimum Gasteiger partial charge on any atom is -0.447 e. The number of carbonyl (C=O) groups is 2. The van der Waals surface area contributed by atoms with Crippen molar-refractivity contribution in [3.8, 4) is 0 Å². The van der Waals surface area contributed by atoms with Gasteiger partial charge in [-0.25, -0.2) is 0 Å². The van der Waals surface area contributed by atoms with Gasteiger partial charge in [-0.2, -0.15) is 0 Å². The Bertz CT molecular complexity index is 639. The number of ether oxygens (including phenoxy) is 1. The zero-order valence-electron chi connectivity index (χ0n) is 14.3. The maximum Gasteiger partial charge on any atom is 0.303 e. The molecule has 1 saturated heterocycles. The molecular formula is C18H24N2O3S. The predicted octanol–water partition coefficient (Wildman–Crippen LogP) is 2.35. The van der Waals surface area contributed by atoms with Gasteiger partial charge in [0.25, 0.3) is 5.91 Å². The van der Waals surface area contributed by atoms with Crippen LogP contribution in [0.25, 0.3) is 0 Å². The standard InChI is InChI=1S/C18H24N2O3S/c1-11-4-5-12(2)15(10-11)16(23-13(3)21)17(22)20-18(24)14-6-8-19-9-7-14/h4-5,10,14,16,19H,6-9H2,1-3H3,(H,20,22,24). The van der Waals surface area contributed by atoms with E-state index in [9.17, 15) is 9.59 Å². The molecule has 1 amide bonds. The lowest BCUT2D eigenvalue weighted by atomic mass is 9.97. The van der Waals surface area contributed by atoms with Gasteiger partial charge in [0.15, 0.2) is 0 Å². The van der Waals surface area contributed by atoms with Crippen molar-refractivity contribution < 1.29 is 14.3 Å². The Balaban J connectivity index is 2.17. The highest BCUT2D eigenvalue weighted by Crippen LogP contribution is 2.24. The molecule has 1 aromatic carbocycles. The van der Waals surface area contributed by atoms with E-state index < -0.39 is 12.1 Å². The number of carbonyl (C=O) groups excluding carboxylic acids is 2. The molecule has 1 heterocycles. The molecule has 2 N–H and O–H groups in total. The molecule has 0 saturated carbocycles. The number of thiocarbonyl (C=S) groups is 1. The summed E-state index contributed by atoms with van der Waals surface area (Å²) in [7, 11) is 0. The van der Waals surface area contributed by atoms with Crippen molar-refractivity contribution in [2.24, 2.45) is 5.92 Å². The summed E-state index contributed by atoms with van der Waals surface area (Å²) in [6, 6.07) is 5.75. The van der Waals surface area contributed by atoms with Gasteiger partial charge in [-0.3, -0.25) is 9.59 Å². The number of rotatable bonds is 4. The number of nitrogens with one attached hydrogen (secondary N) is 2. The van der Waals surface area contributed by atoms with Gasteiger partial charge in [0.05, 0.1) is 4.99 Å². The van der Waals surface area contributed by atoms with Crippen LogP contribution in [-0.4, -0.2) is 30.0 Å². The number of hydrogen-bond acceptors (Lipinski definition) is 5. The maximum atomic E-state index is 12.7. The van der Waals surface area contributed by atoms with Crippen molar-refractivity contribution in [2.45, 2.75) is 39.7 Å². The summed E-state index contributed by atoms with van der Waals surface area (Å²) in [5.41, 5.74) is 2.59. The van der Waals surface area contributed by atoms with Crippen molar-refractivity contribution in [3.63, 3.8) is 0 Å². The molecule has 130 valence electrons. The number of esters is 1. The van der Waals surface area contributed by atoms with Crippen LogP contribution in [-0.2, 0) is 14.3 Å². The molecule has 0 spiro atoms. The predicted molar refractivity (Wildman–Crippen MR) is 96.8 cm³/mol. The summed E-state index contributed by atoms with van der Waals surface area (Å²) in [6.45, 7) is 6.92. The summed E-state index contributed by atoms with van der Waals surface area (Å²) in [5, 5.41) is 6.06. The molecule has 5 nitrogen and oxygen atoms in total. The van der Waals surface area contributed by atoms with Crippen molar-refractivity contribution in [2.75, 3.05) is 13.1 Å². The first-order valence-electron chi connectivity index (χ1n) is 8.18.